The Morgan fingerprint density at radius 1 is 1.50 bits per heavy atom. The van der Waals surface area contributed by atoms with Crippen LogP contribution in [0.5, 0.6) is 0 Å². The maximum absolute atomic E-state index is 11.7. The minimum absolute atomic E-state index is 0.589. The van der Waals surface area contributed by atoms with Crippen molar-refractivity contribution in [3.63, 3.8) is 0 Å². The van der Waals surface area contributed by atoms with Crippen LogP contribution >= 0.6 is 11.6 Å². The lowest BCUT2D eigenvalue weighted by atomic mass is 10.4. The van der Waals surface area contributed by atoms with Gasteiger partial charge in [0.15, 0.2) is 0 Å². The van der Waals surface area contributed by atoms with Crippen molar-refractivity contribution in [2.45, 2.75) is 4.90 Å². The molecule has 2 nitrogen and oxygen atoms in total. The average molecular weight is 204 g/mol. The van der Waals surface area contributed by atoms with Crippen LogP contribution in [0.15, 0.2) is 33.5 Å². The molecule has 0 aliphatic heterocycles. The van der Waals surface area contributed by atoms with Gasteiger partial charge >= 0.3 is 0 Å². The second-order valence-corrected chi connectivity index (χ2v) is 5.32. The zero-order chi connectivity index (χ0) is 9.19. The molecule has 0 saturated carbocycles. The molecule has 0 heterocycles. The summed E-state index contributed by atoms with van der Waals surface area (Å²) >= 11 is 5.74. The van der Waals surface area contributed by atoms with Crippen LogP contribution in [-0.2, 0) is 9.73 Å². The van der Waals surface area contributed by atoms with E-state index < -0.39 is 9.73 Å². The van der Waals surface area contributed by atoms with Crippen molar-refractivity contribution in [1.29, 1.82) is 0 Å². The number of benzene rings is 1. The summed E-state index contributed by atoms with van der Waals surface area (Å²) in [5.41, 5.74) is 0. The molecule has 1 aromatic rings. The summed E-state index contributed by atoms with van der Waals surface area (Å²) in [6, 6.07) is 6.96. The molecule has 0 saturated heterocycles. The Bertz CT molecular complexity index is 394. The van der Waals surface area contributed by atoms with Gasteiger partial charge in [-0.3, -0.25) is 0 Å². The molecule has 0 fully saturated rings. The molecule has 1 atom stereocenters. The minimum atomic E-state index is -2.23. The fourth-order valence-corrected chi connectivity index (χ4v) is 1.95. The van der Waals surface area contributed by atoms with Crippen LogP contribution in [0.25, 0.3) is 0 Å². The standard InChI is InChI=1S/C8H10ClNOS/c1-10-12(2,11)8-5-3-4-7(9)6-8/h3-6H,1-2H3. The molecular formula is C8H10ClNOS. The number of halogens is 1. The first kappa shape index (κ1) is 9.55. The van der Waals surface area contributed by atoms with Crippen molar-refractivity contribution >= 4 is 21.3 Å². The van der Waals surface area contributed by atoms with Gasteiger partial charge in [-0.15, -0.1) is 0 Å². The molecule has 0 bridgehead atoms. The Morgan fingerprint density at radius 3 is 2.67 bits per heavy atom. The van der Waals surface area contributed by atoms with Crippen LogP contribution in [0.2, 0.25) is 5.02 Å². The quantitative estimate of drug-likeness (QED) is 0.690. The van der Waals surface area contributed by atoms with E-state index >= 15 is 0 Å². The second kappa shape index (κ2) is 3.46. The van der Waals surface area contributed by atoms with E-state index in [-0.39, 0.29) is 0 Å². The van der Waals surface area contributed by atoms with Gasteiger partial charge in [0, 0.05) is 23.2 Å². The van der Waals surface area contributed by atoms with E-state index in [0.717, 1.165) is 0 Å². The van der Waals surface area contributed by atoms with Gasteiger partial charge in [-0.05, 0) is 18.2 Å². The second-order valence-electron chi connectivity index (χ2n) is 2.44. The molecule has 0 amide bonds. The van der Waals surface area contributed by atoms with Crippen molar-refractivity contribution in [3.8, 4) is 0 Å². The van der Waals surface area contributed by atoms with Crippen molar-refractivity contribution < 1.29 is 4.21 Å². The van der Waals surface area contributed by atoms with Crippen LogP contribution in [0.4, 0.5) is 0 Å². The van der Waals surface area contributed by atoms with Crippen molar-refractivity contribution in [2.24, 2.45) is 4.36 Å². The van der Waals surface area contributed by atoms with Gasteiger partial charge in [0.05, 0.1) is 9.73 Å². The molecule has 66 valence electrons. The molecule has 1 aromatic carbocycles. The summed E-state index contributed by atoms with van der Waals surface area (Å²) in [6.07, 6.45) is 1.60. The normalized spacial score (nSPS) is 15.2. The Hall–Kier alpha value is -0.540. The number of rotatable bonds is 1. The third kappa shape index (κ3) is 1.99. The van der Waals surface area contributed by atoms with Crippen molar-refractivity contribution in [3.05, 3.63) is 29.3 Å². The number of nitrogens with zero attached hydrogens (tertiary/aromatic N) is 1. The van der Waals surface area contributed by atoms with E-state index in [0.29, 0.717) is 9.92 Å². The first-order valence-electron chi connectivity index (χ1n) is 3.42. The highest BCUT2D eigenvalue weighted by molar-refractivity contribution is 7.93. The molecule has 0 aliphatic carbocycles. The van der Waals surface area contributed by atoms with E-state index in [1.807, 2.05) is 0 Å². The summed E-state index contributed by atoms with van der Waals surface area (Å²) in [6.45, 7) is 0. The van der Waals surface area contributed by atoms with E-state index in [2.05, 4.69) is 4.36 Å². The van der Waals surface area contributed by atoms with E-state index in [9.17, 15) is 4.21 Å². The van der Waals surface area contributed by atoms with Gasteiger partial charge in [-0.2, -0.15) is 0 Å². The first-order valence-corrected chi connectivity index (χ1v) is 5.72. The molecule has 12 heavy (non-hydrogen) atoms. The smallest absolute Gasteiger partial charge is 0.0720 e. The molecule has 0 spiro atoms. The number of hydrogen-bond acceptors (Lipinski definition) is 2. The first-order chi connectivity index (χ1) is 5.56. The van der Waals surface area contributed by atoms with Crippen LogP contribution in [0, 0.1) is 0 Å². The maximum Gasteiger partial charge on any atom is 0.0720 e. The summed E-state index contributed by atoms with van der Waals surface area (Å²) in [5.74, 6) is 0. The lowest BCUT2D eigenvalue weighted by Crippen LogP contribution is -1.96. The molecule has 0 aromatic heterocycles. The summed E-state index contributed by atoms with van der Waals surface area (Å²) in [7, 11) is -0.685. The summed E-state index contributed by atoms with van der Waals surface area (Å²) in [5, 5.41) is 0.589. The van der Waals surface area contributed by atoms with Gasteiger partial charge in [0.25, 0.3) is 0 Å². The monoisotopic (exact) mass is 203 g/mol. The van der Waals surface area contributed by atoms with Crippen LogP contribution in [-0.4, -0.2) is 17.5 Å². The Morgan fingerprint density at radius 2 is 2.17 bits per heavy atom. The van der Waals surface area contributed by atoms with Gasteiger partial charge < -0.3 is 0 Å². The Kier molecular flexibility index (Phi) is 2.75. The predicted octanol–water partition coefficient (Wildman–Crippen LogP) is 2.43. The molecule has 4 heteroatoms. The highest BCUT2D eigenvalue weighted by atomic mass is 35.5. The fourth-order valence-electron chi connectivity index (χ4n) is 0.808. The highest BCUT2D eigenvalue weighted by Crippen LogP contribution is 2.16. The molecule has 0 aliphatic rings. The molecule has 0 radical (unpaired) electrons. The van der Waals surface area contributed by atoms with Gasteiger partial charge in [0.1, 0.15) is 0 Å². The third-order valence-corrected chi connectivity index (χ3v) is 3.64. The SMILES string of the molecule is CN=S(C)(=O)c1cccc(Cl)c1. The van der Waals surface area contributed by atoms with E-state index in [1.54, 1.807) is 37.6 Å². The lowest BCUT2D eigenvalue weighted by molar-refractivity contribution is 0.680. The fraction of sp³-hybridized carbons (Fsp3) is 0.250. The van der Waals surface area contributed by atoms with Crippen LogP contribution < -0.4 is 0 Å². The maximum atomic E-state index is 11.7. The molecule has 0 N–H and O–H groups in total. The summed E-state index contributed by atoms with van der Waals surface area (Å²) < 4.78 is 15.5. The summed E-state index contributed by atoms with van der Waals surface area (Å²) in [4.78, 5) is 0.678. The Balaban J connectivity index is 3.31. The van der Waals surface area contributed by atoms with Crippen LogP contribution in [0.1, 0.15) is 0 Å². The zero-order valence-electron chi connectivity index (χ0n) is 6.95. The van der Waals surface area contributed by atoms with Crippen LogP contribution in [0.3, 0.4) is 0 Å². The third-order valence-electron chi connectivity index (χ3n) is 1.58. The molecule has 1 rings (SSSR count). The highest BCUT2D eigenvalue weighted by Gasteiger charge is 2.03. The van der Waals surface area contributed by atoms with Crippen molar-refractivity contribution in [1.82, 2.24) is 0 Å². The molecular weight excluding hydrogens is 194 g/mol. The minimum Gasteiger partial charge on any atom is -0.245 e. The Labute approximate surface area is 77.7 Å². The largest absolute Gasteiger partial charge is 0.245 e. The number of hydrogen-bond donors (Lipinski definition) is 0. The zero-order valence-corrected chi connectivity index (χ0v) is 8.52. The topological polar surface area (TPSA) is 29.4 Å². The predicted molar refractivity (Wildman–Crippen MR) is 52.1 cm³/mol. The van der Waals surface area contributed by atoms with E-state index in [1.165, 1.54) is 0 Å². The lowest BCUT2D eigenvalue weighted by Gasteiger charge is -2.02. The van der Waals surface area contributed by atoms with E-state index in [4.69, 9.17) is 11.6 Å². The molecule has 1 unspecified atom stereocenters. The van der Waals surface area contributed by atoms with Crippen molar-refractivity contribution in [2.75, 3.05) is 13.3 Å². The van der Waals surface area contributed by atoms with Gasteiger partial charge in [0.2, 0.25) is 0 Å². The average Bonchev–Trinajstić information content (AvgIpc) is 2.05. The van der Waals surface area contributed by atoms with Gasteiger partial charge in [-0.25, -0.2) is 8.57 Å². The van der Waals surface area contributed by atoms with Gasteiger partial charge in [-0.1, -0.05) is 17.7 Å².